The number of rotatable bonds is 5. The number of aromatic amines is 1. The van der Waals surface area contributed by atoms with E-state index in [0.29, 0.717) is 17.4 Å². The standard InChI is InChI=1S/C21H20N2O4/c1-14(20(25)23(2)13-15-8-4-3-5-9-15)27-21(26)17-12-19(24)22-18-11-7-6-10-16(17)18/h3-12,14H,13H2,1-2H3,(H,22,24)/t14-/m0/s1. The van der Waals surface area contributed by atoms with Gasteiger partial charge in [0.25, 0.3) is 5.91 Å². The van der Waals surface area contributed by atoms with E-state index in [-0.39, 0.29) is 11.5 Å². The van der Waals surface area contributed by atoms with Crippen LogP contribution >= 0.6 is 0 Å². The number of aromatic nitrogens is 1. The summed E-state index contributed by atoms with van der Waals surface area (Å²) in [5.74, 6) is -1.02. The maximum atomic E-state index is 12.6. The molecule has 0 saturated carbocycles. The van der Waals surface area contributed by atoms with Gasteiger partial charge in [-0.05, 0) is 18.6 Å². The third kappa shape index (κ3) is 4.23. The van der Waals surface area contributed by atoms with Crippen LogP contribution in [0.25, 0.3) is 10.9 Å². The molecule has 3 rings (SSSR count). The molecule has 0 spiro atoms. The van der Waals surface area contributed by atoms with Crippen LogP contribution in [-0.2, 0) is 16.1 Å². The molecule has 0 bridgehead atoms. The van der Waals surface area contributed by atoms with Crippen LogP contribution in [0.2, 0.25) is 0 Å². The van der Waals surface area contributed by atoms with Crippen molar-refractivity contribution in [3.63, 3.8) is 0 Å². The number of H-pyrrole nitrogens is 1. The Labute approximate surface area is 156 Å². The lowest BCUT2D eigenvalue weighted by molar-refractivity contribution is -0.139. The van der Waals surface area contributed by atoms with Gasteiger partial charge in [0.1, 0.15) is 0 Å². The Morgan fingerprint density at radius 2 is 1.74 bits per heavy atom. The van der Waals surface area contributed by atoms with Crippen molar-refractivity contribution in [1.82, 2.24) is 9.88 Å². The number of nitrogens with zero attached hydrogens (tertiary/aromatic N) is 1. The molecule has 6 heteroatoms. The van der Waals surface area contributed by atoms with E-state index < -0.39 is 17.6 Å². The zero-order valence-electron chi connectivity index (χ0n) is 15.1. The zero-order chi connectivity index (χ0) is 19.4. The molecule has 1 heterocycles. The first-order valence-electron chi connectivity index (χ1n) is 8.57. The van der Waals surface area contributed by atoms with Gasteiger partial charge >= 0.3 is 5.97 Å². The summed E-state index contributed by atoms with van der Waals surface area (Å²) in [7, 11) is 1.66. The zero-order valence-corrected chi connectivity index (χ0v) is 15.1. The van der Waals surface area contributed by atoms with Gasteiger partial charge in [-0.15, -0.1) is 0 Å². The molecule has 0 radical (unpaired) electrons. The van der Waals surface area contributed by atoms with E-state index in [2.05, 4.69) is 4.98 Å². The number of hydrogen-bond acceptors (Lipinski definition) is 4. The molecule has 2 aromatic carbocycles. The molecule has 1 amide bonds. The lowest BCUT2D eigenvalue weighted by Crippen LogP contribution is -2.37. The van der Waals surface area contributed by atoms with Gasteiger partial charge in [-0.1, -0.05) is 48.5 Å². The maximum absolute atomic E-state index is 12.6. The molecule has 138 valence electrons. The molecule has 0 aliphatic rings. The van der Waals surface area contributed by atoms with Crippen molar-refractivity contribution in [3.05, 3.63) is 82.1 Å². The number of amides is 1. The number of fused-ring (bicyclic) bond motifs is 1. The normalized spacial score (nSPS) is 11.8. The van der Waals surface area contributed by atoms with E-state index in [1.807, 2.05) is 30.3 Å². The monoisotopic (exact) mass is 364 g/mol. The number of carbonyl (C=O) groups excluding carboxylic acids is 2. The van der Waals surface area contributed by atoms with Crippen molar-refractivity contribution >= 4 is 22.8 Å². The molecular formula is C21H20N2O4. The van der Waals surface area contributed by atoms with Crippen molar-refractivity contribution in [2.45, 2.75) is 19.6 Å². The second kappa shape index (κ2) is 7.86. The van der Waals surface area contributed by atoms with Gasteiger partial charge in [-0.2, -0.15) is 0 Å². The molecule has 27 heavy (non-hydrogen) atoms. The molecule has 0 fully saturated rings. The van der Waals surface area contributed by atoms with E-state index in [1.54, 1.807) is 31.3 Å². The van der Waals surface area contributed by atoms with E-state index in [1.165, 1.54) is 17.9 Å². The topological polar surface area (TPSA) is 79.5 Å². The van der Waals surface area contributed by atoms with E-state index in [0.717, 1.165) is 5.56 Å². The Bertz CT molecular complexity index is 1030. The minimum absolute atomic E-state index is 0.139. The van der Waals surface area contributed by atoms with Gasteiger partial charge in [0, 0.05) is 30.6 Å². The Morgan fingerprint density at radius 3 is 2.48 bits per heavy atom. The molecule has 0 unspecified atom stereocenters. The second-order valence-corrected chi connectivity index (χ2v) is 6.32. The van der Waals surface area contributed by atoms with E-state index in [4.69, 9.17) is 4.74 Å². The summed E-state index contributed by atoms with van der Waals surface area (Å²) in [6.45, 7) is 1.94. The fraction of sp³-hybridized carbons (Fsp3) is 0.190. The Hall–Kier alpha value is -3.41. The number of likely N-dealkylation sites (N-methyl/N-ethyl adjacent to an activating group) is 1. The molecule has 0 aliphatic heterocycles. The van der Waals surface area contributed by atoms with Crippen molar-refractivity contribution in [2.24, 2.45) is 0 Å². The first-order valence-corrected chi connectivity index (χ1v) is 8.57. The third-order valence-corrected chi connectivity index (χ3v) is 4.24. The second-order valence-electron chi connectivity index (χ2n) is 6.32. The summed E-state index contributed by atoms with van der Waals surface area (Å²) < 4.78 is 5.34. The fourth-order valence-electron chi connectivity index (χ4n) is 2.89. The average Bonchev–Trinajstić information content (AvgIpc) is 2.67. The van der Waals surface area contributed by atoms with Crippen molar-refractivity contribution < 1.29 is 14.3 Å². The number of ether oxygens (including phenoxy) is 1. The highest BCUT2D eigenvalue weighted by Crippen LogP contribution is 2.16. The number of nitrogens with one attached hydrogen (secondary N) is 1. The fourth-order valence-corrected chi connectivity index (χ4v) is 2.89. The SMILES string of the molecule is C[C@H](OC(=O)c1cc(=O)[nH]c2ccccc12)C(=O)N(C)Cc1ccccc1. The minimum atomic E-state index is -0.968. The number of pyridine rings is 1. The van der Waals surface area contributed by atoms with Crippen molar-refractivity contribution in [1.29, 1.82) is 0 Å². The Balaban J connectivity index is 1.74. The Morgan fingerprint density at radius 1 is 1.07 bits per heavy atom. The molecule has 6 nitrogen and oxygen atoms in total. The van der Waals surface area contributed by atoms with E-state index in [9.17, 15) is 14.4 Å². The molecule has 0 saturated heterocycles. The highest BCUT2D eigenvalue weighted by Gasteiger charge is 2.23. The summed E-state index contributed by atoms with van der Waals surface area (Å²) in [6.07, 6.45) is -0.968. The number of para-hydroxylation sites is 1. The summed E-state index contributed by atoms with van der Waals surface area (Å²) in [4.78, 5) is 41.1. The molecule has 1 N–H and O–H groups in total. The van der Waals surface area contributed by atoms with Gasteiger partial charge in [0.05, 0.1) is 5.56 Å². The lowest BCUT2D eigenvalue weighted by atomic mass is 10.1. The van der Waals surface area contributed by atoms with Crippen LogP contribution in [0.3, 0.4) is 0 Å². The number of hydrogen-bond donors (Lipinski definition) is 1. The molecule has 0 aliphatic carbocycles. The predicted octanol–water partition coefficient (Wildman–Crippen LogP) is 2.73. The van der Waals surface area contributed by atoms with Crippen LogP contribution in [0.15, 0.2) is 65.5 Å². The largest absolute Gasteiger partial charge is 0.449 e. The molecule has 1 atom stereocenters. The first-order chi connectivity index (χ1) is 13.0. The van der Waals surface area contributed by atoms with Crippen molar-refractivity contribution in [2.75, 3.05) is 7.05 Å². The quantitative estimate of drug-likeness (QED) is 0.706. The van der Waals surface area contributed by atoms with Crippen LogP contribution in [0.5, 0.6) is 0 Å². The van der Waals surface area contributed by atoms with Crippen LogP contribution in [-0.4, -0.2) is 34.9 Å². The third-order valence-electron chi connectivity index (χ3n) is 4.24. The summed E-state index contributed by atoms with van der Waals surface area (Å²) in [5, 5.41) is 0.569. The van der Waals surface area contributed by atoms with Crippen LogP contribution < -0.4 is 5.56 Å². The summed E-state index contributed by atoms with van der Waals surface area (Å²) in [6, 6.07) is 17.7. The molecule has 3 aromatic rings. The highest BCUT2D eigenvalue weighted by molar-refractivity contribution is 6.03. The van der Waals surface area contributed by atoms with Gasteiger partial charge in [-0.3, -0.25) is 9.59 Å². The van der Waals surface area contributed by atoms with Gasteiger partial charge in [0.2, 0.25) is 5.56 Å². The van der Waals surface area contributed by atoms with Gasteiger partial charge in [-0.25, -0.2) is 4.79 Å². The van der Waals surface area contributed by atoms with Gasteiger partial charge < -0.3 is 14.6 Å². The number of esters is 1. The molecular weight excluding hydrogens is 344 g/mol. The van der Waals surface area contributed by atoms with Crippen molar-refractivity contribution in [3.8, 4) is 0 Å². The van der Waals surface area contributed by atoms with E-state index >= 15 is 0 Å². The minimum Gasteiger partial charge on any atom is -0.449 e. The highest BCUT2D eigenvalue weighted by atomic mass is 16.5. The number of benzene rings is 2. The van der Waals surface area contributed by atoms with Crippen LogP contribution in [0.4, 0.5) is 0 Å². The Kier molecular flexibility index (Phi) is 5.35. The summed E-state index contributed by atoms with van der Waals surface area (Å²) in [5.41, 5.74) is 1.25. The smallest absolute Gasteiger partial charge is 0.339 e. The summed E-state index contributed by atoms with van der Waals surface area (Å²) >= 11 is 0. The van der Waals surface area contributed by atoms with Gasteiger partial charge in [0.15, 0.2) is 6.10 Å². The first kappa shape index (κ1) is 18.4. The van der Waals surface area contributed by atoms with Crippen LogP contribution in [0, 0.1) is 0 Å². The maximum Gasteiger partial charge on any atom is 0.339 e. The van der Waals surface area contributed by atoms with Crippen LogP contribution in [0.1, 0.15) is 22.8 Å². The average molecular weight is 364 g/mol. The number of carbonyl (C=O) groups is 2. The molecule has 1 aromatic heterocycles. The predicted molar refractivity (Wildman–Crippen MR) is 102 cm³/mol. The lowest BCUT2D eigenvalue weighted by Gasteiger charge is -2.21.